The molecule has 0 amide bonds. The molecule has 0 saturated carbocycles. The van der Waals surface area contributed by atoms with Gasteiger partial charge in [-0.15, -0.1) is 11.3 Å². The number of aromatic carboxylic acids is 1. The number of aryl methyl sites for hydroxylation is 1. The number of carboxylic acid groups (broad SMARTS) is 1. The molecule has 0 saturated heterocycles. The third-order valence-electron chi connectivity index (χ3n) is 2.10. The summed E-state index contributed by atoms with van der Waals surface area (Å²) >= 11 is 1.19. The second kappa shape index (κ2) is 7.35. The van der Waals surface area contributed by atoms with Crippen molar-refractivity contribution < 1.29 is 24.1 Å². The fraction of sp³-hybridized carbons (Fsp3) is 0.583. The van der Waals surface area contributed by atoms with Crippen molar-refractivity contribution in [1.29, 1.82) is 0 Å². The molecule has 1 rings (SSSR count). The molecule has 0 atom stereocenters. The van der Waals surface area contributed by atoms with Crippen molar-refractivity contribution in [2.45, 2.75) is 27.1 Å². The lowest BCUT2D eigenvalue weighted by Gasteiger charge is -2.17. The first-order valence-corrected chi connectivity index (χ1v) is 6.59. The van der Waals surface area contributed by atoms with Crippen molar-refractivity contribution in [2.24, 2.45) is 0 Å². The van der Waals surface area contributed by atoms with E-state index in [0.717, 1.165) is 4.88 Å². The largest absolute Gasteiger partial charge is 0.486 e. The smallest absolute Gasteiger partial charge is 0.349 e. The van der Waals surface area contributed by atoms with Gasteiger partial charge in [-0.3, -0.25) is 0 Å². The maximum absolute atomic E-state index is 11.0. The molecule has 0 aliphatic rings. The highest BCUT2D eigenvalue weighted by Gasteiger charge is 2.17. The van der Waals surface area contributed by atoms with E-state index in [2.05, 4.69) is 0 Å². The SMILES string of the molecule is CCOC(COc1cc(C)sc1C(=O)O)OCC. The minimum atomic E-state index is -0.979. The van der Waals surface area contributed by atoms with Gasteiger partial charge in [-0.05, 0) is 26.8 Å². The summed E-state index contributed by atoms with van der Waals surface area (Å²) in [4.78, 5) is 12.1. The summed E-state index contributed by atoms with van der Waals surface area (Å²) in [5, 5.41) is 9.02. The number of rotatable bonds is 8. The average Bonchev–Trinajstić information content (AvgIpc) is 2.68. The van der Waals surface area contributed by atoms with E-state index in [1.807, 2.05) is 20.8 Å². The molecule has 0 spiro atoms. The first kappa shape index (κ1) is 14.9. The Bertz CT molecular complexity index is 382. The van der Waals surface area contributed by atoms with Crippen molar-refractivity contribution in [2.75, 3.05) is 19.8 Å². The van der Waals surface area contributed by atoms with Crippen LogP contribution < -0.4 is 4.74 Å². The maximum atomic E-state index is 11.0. The lowest BCUT2D eigenvalue weighted by molar-refractivity contribution is -0.152. The Morgan fingerprint density at radius 2 is 2.00 bits per heavy atom. The lowest BCUT2D eigenvalue weighted by atomic mass is 10.4. The van der Waals surface area contributed by atoms with Crippen LogP contribution in [0, 0.1) is 6.92 Å². The number of carboxylic acids is 1. The molecule has 1 heterocycles. The molecule has 6 heteroatoms. The van der Waals surface area contributed by atoms with Gasteiger partial charge in [0.2, 0.25) is 0 Å². The highest BCUT2D eigenvalue weighted by molar-refractivity contribution is 7.14. The highest BCUT2D eigenvalue weighted by atomic mass is 32.1. The first-order valence-electron chi connectivity index (χ1n) is 5.78. The van der Waals surface area contributed by atoms with Gasteiger partial charge in [-0.1, -0.05) is 0 Å². The van der Waals surface area contributed by atoms with E-state index in [-0.39, 0.29) is 11.5 Å². The zero-order chi connectivity index (χ0) is 13.5. The topological polar surface area (TPSA) is 65.0 Å². The third-order valence-corrected chi connectivity index (χ3v) is 3.12. The van der Waals surface area contributed by atoms with Gasteiger partial charge < -0.3 is 19.3 Å². The maximum Gasteiger partial charge on any atom is 0.349 e. The van der Waals surface area contributed by atoms with Crippen LogP contribution in [-0.4, -0.2) is 37.2 Å². The van der Waals surface area contributed by atoms with Gasteiger partial charge in [-0.25, -0.2) is 4.79 Å². The quantitative estimate of drug-likeness (QED) is 0.738. The molecule has 18 heavy (non-hydrogen) atoms. The predicted octanol–water partition coefficient (Wildman–Crippen LogP) is 2.53. The van der Waals surface area contributed by atoms with Crippen LogP contribution in [0.15, 0.2) is 6.07 Å². The van der Waals surface area contributed by atoms with Crippen LogP contribution in [0.2, 0.25) is 0 Å². The monoisotopic (exact) mass is 274 g/mol. The highest BCUT2D eigenvalue weighted by Crippen LogP contribution is 2.29. The van der Waals surface area contributed by atoms with E-state index in [1.165, 1.54) is 11.3 Å². The Hall–Kier alpha value is -1.11. The molecule has 0 aliphatic heterocycles. The molecule has 5 nitrogen and oxygen atoms in total. The Kier molecular flexibility index (Phi) is 6.11. The Morgan fingerprint density at radius 3 is 2.50 bits per heavy atom. The molecule has 1 aromatic heterocycles. The van der Waals surface area contributed by atoms with Gasteiger partial charge in [-0.2, -0.15) is 0 Å². The van der Waals surface area contributed by atoms with Gasteiger partial charge in [0, 0.05) is 18.1 Å². The second-order valence-electron chi connectivity index (χ2n) is 3.51. The zero-order valence-corrected chi connectivity index (χ0v) is 11.6. The predicted molar refractivity (Wildman–Crippen MR) is 68.6 cm³/mol. The zero-order valence-electron chi connectivity index (χ0n) is 10.8. The van der Waals surface area contributed by atoms with Gasteiger partial charge >= 0.3 is 5.97 Å². The lowest BCUT2D eigenvalue weighted by Crippen LogP contribution is -2.25. The molecule has 1 aromatic rings. The van der Waals surface area contributed by atoms with Crippen molar-refractivity contribution in [3.05, 3.63) is 15.8 Å². The summed E-state index contributed by atoms with van der Waals surface area (Å²) in [5.74, 6) is -0.609. The molecule has 0 fully saturated rings. The van der Waals surface area contributed by atoms with Crippen molar-refractivity contribution in [3.63, 3.8) is 0 Å². The second-order valence-corrected chi connectivity index (χ2v) is 4.76. The molecule has 0 unspecified atom stereocenters. The Morgan fingerprint density at radius 1 is 1.39 bits per heavy atom. The fourth-order valence-electron chi connectivity index (χ4n) is 1.42. The average molecular weight is 274 g/mol. The van der Waals surface area contributed by atoms with E-state index < -0.39 is 12.3 Å². The Balaban J connectivity index is 2.63. The number of carbonyl (C=O) groups is 1. The molecule has 0 radical (unpaired) electrons. The summed E-state index contributed by atoms with van der Waals surface area (Å²) in [6.07, 6.45) is -0.471. The van der Waals surface area contributed by atoms with Gasteiger partial charge in [0.15, 0.2) is 11.2 Å². The minimum absolute atomic E-state index is 0.179. The third kappa shape index (κ3) is 4.29. The van der Waals surface area contributed by atoms with Crippen LogP contribution in [0.3, 0.4) is 0 Å². The molecular weight excluding hydrogens is 256 g/mol. The van der Waals surface area contributed by atoms with Crippen LogP contribution in [0.25, 0.3) is 0 Å². The standard InChI is InChI=1S/C12H18O5S/c1-4-15-10(16-5-2)7-17-9-6-8(3)18-11(9)12(13)14/h6,10H,4-5,7H2,1-3H3,(H,13,14). The number of hydrogen-bond donors (Lipinski definition) is 1. The van der Waals surface area contributed by atoms with Gasteiger partial charge in [0.1, 0.15) is 12.4 Å². The van der Waals surface area contributed by atoms with E-state index >= 15 is 0 Å². The number of thiophene rings is 1. The fourth-order valence-corrected chi connectivity index (χ4v) is 2.21. The van der Waals surface area contributed by atoms with E-state index in [4.69, 9.17) is 19.3 Å². The molecule has 0 aromatic carbocycles. The van der Waals surface area contributed by atoms with Crippen molar-refractivity contribution in [1.82, 2.24) is 0 Å². The molecule has 0 bridgehead atoms. The molecule has 1 N–H and O–H groups in total. The van der Waals surface area contributed by atoms with Crippen molar-refractivity contribution in [3.8, 4) is 5.75 Å². The summed E-state index contributed by atoms with van der Waals surface area (Å²) in [5.41, 5.74) is 0. The number of ether oxygens (including phenoxy) is 3. The normalized spacial score (nSPS) is 10.9. The van der Waals surface area contributed by atoms with Crippen molar-refractivity contribution >= 4 is 17.3 Å². The molecular formula is C12H18O5S. The Labute approximate surface area is 110 Å². The summed E-state index contributed by atoms with van der Waals surface area (Å²) in [6.45, 7) is 6.78. The van der Waals surface area contributed by atoms with Crippen LogP contribution in [0.4, 0.5) is 0 Å². The van der Waals surface area contributed by atoms with E-state index in [9.17, 15) is 4.79 Å². The van der Waals surface area contributed by atoms with Crippen LogP contribution in [0.5, 0.6) is 5.75 Å². The number of hydrogen-bond acceptors (Lipinski definition) is 5. The first-order chi connectivity index (χ1) is 8.58. The van der Waals surface area contributed by atoms with Crippen LogP contribution >= 0.6 is 11.3 Å². The van der Waals surface area contributed by atoms with E-state index in [1.54, 1.807) is 6.07 Å². The molecule has 102 valence electrons. The van der Waals surface area contributed by atoms with Gasteiger partial charge in [0.25, 0.3) is 0 Å². The summed E-state index contributed by atoms with van der Waals surface area (Å²) in [7, 11) is 0. The molecule has 0 aliphatic carbocycles. The van der Waals surface area contributed by atoms with Crippen LogP contribution in [-0.2, 0) is 9.47 Å². The van der Waals surface area contributed by atoms with Crippen LogP contribution in [0.1, 0.15) is 28.4 Å². The van der Waals surface area contributed by atoms with E-state index in [0.29, 0.717) is 19.0 Å². The summed E-state index contributed by atoms with van der Waals surface area (Å²) < 4.78 is 16.1. The minimum Gasteiger partial charge on any atom is -0.486 e. The summed E-state index contributed by atoms with van der Waals surface area (Å²) in [6, 6.07) is 1.71. The van der Waals surface area contributed by atoms with Gasteiger partial charge in [0.05, 0.1) is 0 Å².